The highest BCUT2D eigenvalue weighted by Crippen LogP contribution is 2.34. The van der Waals surface area contributed by atoms with Gasteiger partial charge >= 0.3 is 0 Å². The molecular weight excluding hydrogens is 278 g/mol. The minimum absolute atomic E-state index is 0.117. The van der Waals surface area contributed by atoms with Gasteiger partial charge in [0.2, 0.25) is 6.79 Å². The van der Waals surface area contributed by atoms with E-state index in [2.05, 4.69) is 15.3 Å². The number of nitrogens with zero attached hydrogens (tertiary/aromatic N) is 2. The van der Waals surface area contributed by atoms with Crippen LogP contribution in [0.25, 0.3) is 0 Å². The summed E-state index contributed by atoms with van der Waals surface area (Å²) in [4.78, 5) is 30.3. The van der Waals surface area contributed by atoms with E-state index in [4.69, 9.17) is 9.47 Å². The molecule has 0 radical (unpaired) electrons. The number of nitrogens with one attached hydrogen (secondary N) is 1. The number of aromatic carboxylic acids is 1. The van der Waals surface area contributed by atoms with Crippen molar-refractivity contribution >= 4 is 17.6 Å². The van der Waals surface area contributed by atoms with Gasteiger partial charge in [-0.1, -0.05) is 0 Å². The summed E-state index contributed by atoms with van der Waals surface area (Å²) >= 11 is 0. The number of carboxylic acids is 1. The number of hydrogen-bond donors (Lipinski definition) is 1. The second-order valence-electron chi connectivity index (χ2n) is 4.06. The molecule has 0 fully saturated rings. The van der Waals surface area contributed by atoms with Crippen molar-refractivity contribution in [3.8, 4) is 11.5 Å². The minimum Gasteiger partial charge on any atom is -0.543 e. The Kier molecular flexibility index (Phi) is 3.11. The van der Waals surface area contributed by atoms with E-state index in [-0.39, 0.29) is 12.5 Å². The molecule has 2 heterocycles. The Hall–Kier alpha value is -3.16. The zero-order chi connectivity index (χ0) is 14.8. The Morgan fingerprint density at radius 2 is 1.81 bits per heavy atom. The van der Waals surface area contributed by atoms with Gasteiger partial charge in [0.1, 0.15) is 5.69 Å². The molecule has 1 amide bonds. The first kappa shape index (κ1) is 12.9. The van der Waals surface area contributed by atoms with Gasteiger partial charge in [0, 0.05) is 24.1 Å². The van der Waals surface area contributed by atoms with E-state index in [9.17, 15) is 14.7 Å². The Bertz CT molecular complexity index is 731. The largest absolute Gasteiger partial charge is 0.543 e. The second kappa shape index (κ2) is 5.08. The molecule has 0 unspecified atom stereocenters. The molecule has 21 heavy (non-hydrogen) atoms. The van der Waals surface area contributed by atoms with Crippen molar-refractivity contribution in [1.29, 1.82) is 0 Å². The normalized spacial score (nSPS) is 12.0. The summed E-state index contributed by atoms with van der Waals surface area (Å²) in [6.45, 7) is 0.117. The van der Waals surface area contributed by atoms with E-state index in [0.717, 1.165) is 0 Å². The Labute approximate surface area is 118 Å². The second-order valence-corrected chi connectivity index (χ2v) is 4.06. The fourth-order valence-corrected chi connectivity index (χ4v) is 1.82. The summed E-state index contributed by atoms with van der Waals surface area (Å²) in [5.74, 6) is -1.21. The summed E-state index contributed by atoms with van der Waals surface area (Å²) in [7, 11) is 0. The van der Waals surface area contributed by atoms with E-state index < -0.39 is 17.6 Å². The average molecular weight is 286 g/mol. The number of carboxylic acid groups (broad SMARTS) is 1. The van der Waals surface area contributed by atoms with Gasteiger partial charge in [-0.15, -0.1) is 0 Å². The summed E-state index contributed by atoms with van der Waals surface area (Å²) in [5, 5.41) is 13.4. The molecule has 3 rings (SSSR count). The molecule has 0 aliphatic carbocycles. The van der Waals surface area contributed by atoms with Crippen LogP contribution in [0.3, 0.4) is 0 Å². The maximum Gasteiger partial charge on any atom is 0.276 e. The lowest BCUT2D eigenvalue weighted by Crippen LogP contribution is -2.28. The Morgan fingerprint density at radius 1 is 1.10 bits per heavy atom. The van der Waals surface area contributed by atoms with Crippen LogP contribution in [0.1, 0.15) is 21.0 Å². The molecule has 1 aliphatic rings. The SMILES string of the molecule is O=C([O-])c1nccnc1C(=O)Nc1ccc2c(c1)OCO2. The molecular formula is C13H8N3O5-. The number of ether oxygens (including phenoxy) is 2. The lowest BCUT2D eigenvalue weighted by Gasteiger charge is -2.09. The number of rotatable bonds is 3. The van der Waals surface area contributed by atoms with E-state index in [1.54, 1.807) is 18.2 Å². The number of carbonyl (C=O) groups is 2. The maximum absolute atomic E-state index is 12.1. The van der Waals surface area contributed by atoms with E-state index in [1.165, 1.54) is 12.4 Å². The molecule has 8 heteroatoms. The number of aromatic nitrogens is 2. The van der Waals surface area contributed by atoms with Gasteiger partial charge in [0.05, 0.1) is 5.97 Å². The zero-order valence-electron chi connectivity index (χ0n) is 10.5. The van der Waals surface area contributed by atoms with Gasteiger partial charge in [-0.25, -0.2) is 4.98 Å². The molecule has 1 aromatic carbocycles. The van der Waals surface area contributed by atoms with Crippen LogP contribution < -0.4 is 19.9 Å². The van der Waals surface area contributed by atoms with Crippen molar-refractivity contribution in [2.24, 2.45) is 0 Å². The van der Waals surface area contributed by atoms with Crippen LogP contribution in [0.15, 0.2) is 30.6 Å². The topological polar surface area (TPSA) is 113 Å². The van der Waals surface area contributed by atoms with Crippen molar-refractivity contribution in [3.05, 3.63) is 42.0 Å². The summed E-state index contributed by atoms with van der Waals surface area (Å²) in [6.07, 6.45) is 2.39. The van der Waals surface area contributed by atoms with Gasteiger partial charge in [-0.3, -0.25) is 9.78 Å². The summed E-state index contributed by atoms with van der Waals surface area (Å²) < 4.78 is 10.3. The van der Waals surface area contributed by atoms with Crippen molar-refractivity contribution in [3.63, 3.8) is 0 Å². The minimum atomic E-state index is -1.57. The van der Waals surface area contributed by atoms with Crippen LogP contribution in [0.4, 0.5) is 5.69 Å². The fraction of sp³-hybridized carbons (Fsp3) is 0.0769. The monoisotopic (exact) mass is 286 g/mol. The lowest BCUT2D eigenvalue weighted by molar-refractivity contribution is -0.255. The van der Waals surface area contributed by atoms with Crippen LogP contribution in [0.5, 0.6) is 11.5 Å². The first-order chi connectivity index (χ1) is 10.1. The van der Waals surface area contributed by atoms with Crippen molar-refractivity contribution in [2.45, 2.75) is 0 Å². The Morgan fingerprint density at radius 3 is 2.57 bits per heavy atom. The lowest BCUT2D eigenvalue weighted by atomic mass is 10.2. The van der Waals surface area contributed by atoms with Crippen LogP contribution in [-0.4, -0.2) is 28.6 Å². The molecule has 0 saturated heterocycles. The molecule has 1 aromatic heterocycles. The van der Waals surface area contributed by atoms with Crippen LogP contribution in [0, 0.1) is 0 Å². The molecule has 2 aromatic rings. The molecule has 8 nitrogen and oxygen atoms in total. The molecule has 0 bridgehead atoms. The number of amides is 1. The highest BCUT2D eigenvalue weighted by molar-refractivity contribution is 6.08. The zero-order valence-corrected chi connectivity index (χ0v) is 10.5. The third-order valence-corrected chi connectivity index (χ3v) is 2.74. The number of fused-ring (bicyclic) bond motifs is 1. The molecule has 1 N–H and O–H groups in total. The smallest absolute Gasteiger partial charge is 0.276 e. The predicted octanol–water partition coefficient (Wildman–Crippen LogP) is -0.179. The molecule has 0 atom stereocenters. The molecule has 1 aliphatic heterocycles. The fourth-order valence-electron chi connectivity index (χ4n) is 1.82. The predicted molar refractivity (Wildman–Crippen MR) is 66.9 cm³/mol. The van der Waals surface area contributed by atoms with Gasteiger partial charge in [-0.05, 0) is 12.1 Å². The standard InChI is InChI=1S/C13H9N3O5/c17-12(10-11(13(18)19)15-4-3-14-10)16-7-1-2-8-9(5-7)21-6-20-8/h1-5H,6H2,(H,16,17)(H,18,19)/p-1. The van der Waals surface area contributed by atoms with Crippen molar-refractivity contribution in [1.82, 2.24) is 9.97 Å². The summed E-state index contributed by atoms with van der Waals surface area (Å²) in [6, 6.07) is 4.80. The summed E-state index contributed by atoms with van der Waals surface area (Å²) in [5.41, 5.74) is -0.426. The Balaban J connectivity index is 1.85. The van der Waals surface area contributed by atoms with Gasteiger partial charge in [0.15, 0.2) is 17.2 Å². The highest BCUT2D eigenvalue weighted by atomic mass is 16.7. The molecule has 106 valence electrons. The van der Waals surface area contributed by atoms with Crippen molar-refractivity contribution in [2.75, 3.05) is 12.1 Å². The number of hydrogen-bond acceptors (Lipinski definition) is 7. The van der Waals surface area contributed by atoms with Crippen LogP contribution >= 0.6 is 0 Å². The quantitative estimate of drug-likeness (QED) is 0.832. The average Bonchev–Trinajstić information content (AvgIpc) is 2.94. The third kappa shape index (κ3) is 2.46. The van der Waals surface area contributed by atoms with E-state index in [0.29, 0.717) is 17.2 Å². The number of benzene rings is 1. The van der Waals surface area contributed by atoms with Crippen LogP contribution in [0.2, 0.25) is 0 Å². The van der Waals surface area contributed by atoms with Gasteiger partial charge in [0.25, 0.3) is 5.91 Å². The highest BCUT2D eigenvalue weighted by Gasteiger charge is 2.17. The van der Waals surface area contributed by atoms with E-state index >= 15 is 0 Å². The molecule has 0 saturated carbocycles. The third-order valence-electron chi connectivity index (χ3n) is 2.74. The van der Waals surface area contributed by atoms with Crippen LogP contribution in [-0.2, 0) is 0 Å². The number of carbonyl (C=O) groups excluding carboxylic acids is 2. The first-order valence-electron chi connectivity index (χ1n) is 5.88. The van der Waals surface area contributed by atoms with Gasteiger partial charge in [-0.2, -0.15) is 0 Å². The number of anilines is 1. The molecule has 0 spiro atoms. The van der Waals surface area contributed by atoms with Gasteiger partial charge < -0.3 is 24.7 Å². The maximum atomic E-state index is 12.1. The van der Waals surface area contributed by atoms with Crippen molar-refractivity contribution < 1.29 is 24.2 Å². The first-order valence-corrected chi connectivity index (χ1v) is 5.88. The van der Waals surface area contributed by atoms with E-state index in [1.807, 2.05) is 0 Å².